The zero-order chi connectivity index (χ0) is 35.5. The van der Waals surface area contributed by atoms with Crippen molar-refractivity contribution >= 4 is 73.0 Å². The average Bonchev–Trinajstić information content (AvgIpc) is 3.92. The third-order valence-electron chi connectivity index (χ3n) is 8.06. The van der Waals surface area contributed by atoms with E-state index in [0.29, 0.717) is 18.8 Å². The largest absolute Gasteiger partial charge is 1.00 e. The molecule has 8 rings (SSSR count). The standard InChI is InChI=1S/C20H19ClO2S.C15H10S.C4H8O.C4H9O.K/c1-2-23-19(22)12-13-24-18-9-4-3-7-16(18)17-11-10-14-6-5-8-15(14)20(17)21;1-2-7-14-12(5-1)13-9-8-10-4-3-6-11(10)15(13)16-14;1-2-4-5-3-1;1-4(2,3)5;/h3-5,7-11H,2,6,12-13H2,1H3;1-3,5-9H,4H2;1-4H2;1-3H3;/q;;;-1;+1. The van der Waals surface area contributed by atoms with E-state index >= 15 is 0 Å². The van der Waals surface area contributed by atoms with Crippen LogP contribution in [0.2, 0.25) is 5.02 Å². The van der Waals surface area contributed by atoms with Crippen LogP contribution < -0.4 is 56.5 Å². The van der Waals surface area contributed by atoms with E-state index in [-0.39, 0.29) is 57.4 Å². The molecule has 4 nitrogen and oxygen atoms in total. The number of esters is 1. The molecule has 1 aliphatic heterocycles. The molecule has 4 aromatic carbocycles. The Kier molecular flexibility index (Phi) is 17.0. The molecule has 1 fully saturated rings. The van der Waals surface area contributed by atoms with Gasteiger partial charge in [0.2, 0.25) is 0 Å². The van der Waals surface area contributed by atoms with Gasteiger partial charge in [-0.1, -0.05) is 117 Å². The summed E-state index contributed by atoms with van der Waals surface area (Å²) in [5, 5.41) is 13.7. The van der Waals surface area contributed by atoms with Gasteiger partial charge in [0.05, 0.1) is 18.1 Å². The van der Waals surface area contributed by atoms with Gasteiger partial charge in [-0.2, -0.15) is 0 Å². The van der Waals surface area contributed by atoms with Gasteiger partial charge in [0.15, 0.2) is 0 Å². The Balaban J connectivity index is 0.000000184. The van der Waals surface area contributed by atoms with Crippen LogP contribution in [0.5, 0.6) is 0 Å². The molecule has 0 amide bonds. The zero-order valence-corrected chi connectivity index (χ0v) is 35.9. The Morgan fingerprint density at radius 3 is 2.18 bits per heavy atom. The summed E-state index contributed by atoms with van der Waals surface area (Å²) in [6, 6.07) is 25.7. The maximum Gasteiger partial charge on any atom is 1.00 e. The van der Waals surface area contributed by atoms with E-state index in [2.05, 4.69) is 85.0 Å². The molecule has 0 unspecified atom stereocenters. The fourth-order valence-corrected chi connectivity index (χ4v) is 8.42. The number of allylic oxidation sites excluding steroid dienone is 2. The SMILES string of the molecule is C1=Cc2c(ccc3c2sc2ccccc23)C1.C1CCOC1.CC(C)(C)[O-].CCOC(=O)CCSc1ccccc1-c1ccc2c(c1Cl)C=CC2.[K+]. The maximum atomic E-state index is 11.5. The Labute approximate surface area is 359 Å². The van der Waals surface area contributed by atoms with Crippen LogP contribution in [0.1, 0.15) is 69.2 Å². The summed E-state index contributed by atoms with van der Waals surface area (Å²) < 4.78 is 12.8. The van der Waals surface area contributed by atoms with Crippen LogP contribution in [0.3, 0.4) is 0 Å². The van der Waals surface area contributed by atoms with Crippen LogP contribution >= 0.6 is 34.7 Å². The van der Waals surface area contributed by atoms with Crippen molar-refractivity contribution < 1.29 is 70.8 Å². The van der Waals surface area contributed by atoms with Crippen LogP contribution in [0.4, 0.5) is 0 Å². The molecule has 3 aliphatic rings. The van der Waals surface area contributed by atoms with Crippen LogP contribution in [0, 0.1) is 0 Å². The summed E-state index contributed by atoms with van der Waals surface area (Å²) in [5.74, 6) is 0.543. The topological polar surface area (TPSA) is 58.6 Å². The number of fused-ring (bicyclic) bond motifs is 6. The minimum Gasteiger partial charge on any atom is -0.850 e. The molecule has 0 bridgehead atoms. The van der Waals surface area contributed by atoms with Crippen molar-refractivity contribution in [1.82, 2.24) is 0 Å². The Morgan fingerprint density at radius 2 is 1.49 bits per heavy atom. The molecule has 51 heavy (non-hydrogen) atoms. The molecule has 1 saturated heterocycles. The van der Waals surface area contributed by atoms with Crippen LogP contribution in [0.25, 0.3) is 43.5 Å². The molecule has 262 valence electrons. The predicted molar refractivity (Wildman–Crippen MR) is 213 cm³/mol. The molecular formula is C43H46ClKO4S2. The summed E-state index contributed by atoms with van der Waals surface area (Å²) >= 11 is 10.2. The fourth-order valence-electron chi connectivity index (χ4n) is 5.82. The van der Waals surface area contributed by atoms with Crippen molar-refractivity contribution in [2.24, 2.45) is 0 Å². The average molecular weight is 766 g/mol. The molecule has 8 heteroatoms. The molecule has 2 aliphatic carbocycles. The zero-order valence-electron chi connectivity index (χ0n) is 30.4. The first kappa shape index (κ1) is 42.0. The predicted octanol–water partition coefficient (Wildman–Crippen LogP) is 8.19. The first-order chi connectivity index (χ1) is 24.1. The first-order valence-corrected chi connectivity index (χ1v) is 19.6. The van der Waals surface area contributed by atoms with Crippen LogP contribution in [-0.4, -0.2) is 37.1 Å². The normalized spacial score (nSPS) is 13.6. The number of hydrogen-bond acceptors (Lipinski definition) is 6. The molecular weight excluding hydrogens is 719 g/mol. The molecule has 0 radical (unpaired) electrons. The van der Waals surface area contributed by atoms with Gasteiger partial charge in [0.25, 0.3) is 0 Å². The third kappa shape index (κ3) is 12.1. The Hall–Kier alpha value is -1.75. The van der Waals surface area contributed by atoms with E-state index in [4.69, 9.17) is 21.1 Å². The number of halogens is 1. The molecule has 0 spiro atoms. The van der Waals surface area contributed by atoms with Crippen molar-refractivity contribution in [1.29, 1.82) is 0 Å². The Bertz CT molecular complexity index is 1960. The molecule has 0 saturated carbocycles. The van der Waals surface area contributed by atoms with Gasteiger partial charge in [-0.3, -0.25) is 4.79 Å². The summed E-state index contributed by atoms with van der Waals surface area (Å²) in [7, 11) is 0. The second kappa shape index (κ2) is 20.6. The van der Waals surface area contributed by atoms with Gasteiger partial charge < -0.3 is 14.6 Å². The van der Waals surface area contributed by atoms with E-state index in [1.165, 1.54) is 49.7 Å². The third-order valence-corrected chi connectivity index (χ3v) is 10.8. The maximum absolute atomic E-state index is 11.5. The van der Waals surface area contributed by atoms with E-state index < -0.39 is 5.60 Å². The van der Waals surface area contributed by atoms with E-state index in [1.807, 2.05) is 30.4 Å². The van der Waals surface area contributed by atoms with Crippen molar-refractivity contribution in [3.63, 3.8) is 0 Å². The van der Waals surface area contributed by atoms with Crippen molar-refractivity contribution in [2.45, 2.75) is 70.3 Å². The number of carbonyl (C=O) groups excluding carboxylic acids is 1. The van der Waals surface area contributed by atoms with E-state index in [0.717, 1.165) is 52.7 Å². The van der Waals surface area contributed by atoms with Crippen molar-refractivity contribution in [3.05, 3.63) is 112 Å². The van der Waals surface area contributed by atoms with Crippen molar-refractivity contribution in [2.75, 3.05) is 25.6 Å². The van der Waals surface area contributed by atoms with Gasteiger partial charge >= 0.3 is 57.4 Å². The van der Waals surface area contributed by atoms with Gasteiger partial charge in [-0.05, 0) is 72.6 Å². The number of thioether (sulfide) groups is 1. The monoisotopic (exact) mass is 764 g/mol. The molecule has 0 atom stereocenters. The fraction of sp³-hybridized carbons (Fsp3) is 0.326. The second-order valence-electron chi connectivity index (χ2n) is 13.2. The summed E-state index contributed by atoms with van der Waals surface area (Å²) in [5.41, 5.74) is 6.72. The number of thiophene rings is 1. The first-order valence-electron chi connectivity index (χ1n) is 17.4. The summed E-state index contributed by atoms with van der Waals surface area (Å²) in [4.78, 5) is 12.6. The number of rotatable bonds is 6. The molecule has 1 aromatic heterocycles. The van der Waals surface area contributed by atoms with Gasteiger partial charge in [-0.25, -0.2) is 0 Å². The molecule has 0 N–H and O–H groups in total. The number of ether oxygens (including phenoxy) is 2. The molecule has 2 heterocycles. The smallest absolute Gasteiger partial charge is 0.850 e. The second-order valence-corrected chi connectivity index (χ2v) is 15.7. The minimum atomic E-state index is -0.750. The number of carbonyl (C=O) groups is 1. The van der Waals surface area contributed by atoms with Gasteiger partial charge in [-0.15, -0.1) is 28.7 Å². The van der Waals surface area contributed by atoms with Gasteiger partial charge in [0.1, 0.15) is 0 Å². The van der Waals surface area contributed by atoms with Crippen molar-refractivity contribution in [3.8, 4) is 11.1 Å². The molecule has 5 aromatic rings. The quantitative estimate of drug-likeness (QED) is 0.0992. The minimum absolute atomic E-state index is 0. The van der Waals surface area contributed by atoms with E-state index in [1.54, 1.807) is 32.5 Å². The Morgan fingerprint density at radius 1 is 0.863 bits per heavy atom. The number of hydrogen-bond donors (Lipinski definition) is 0. The summed E-state index contributed by atoms with van der Waals surface area (Å²) in [6.45, 7) is 9.15. The summed E-state index contributed by atoms with van der Waals surface area (Å²) in [6.07, 6.45) is 13.8. The van der Waals surface area contributed by atoms with E-state index in [9.17, 15) is 9.90 Å². The number of benzene rings is 4. The van der Waals surface area contributed by atoms with Crippen LogP contribution in [0.15, 0.2) is 89.8 Å². The van der Waals surface area contributed by atoms with Crippen LogP contribution in [-0.2, 0) is 27.1 Å². The van der Waals surface area contributed by atoms with Gasteiger partial charge in [0, 0.05) is 49.6 Å².